The zero-order valence-electron chi connectivity index (χ0n) is 13.3. The Kier molecular flexibility index (Phi) is 7.05. The Morgan fingerprint density at radius 2 is 2.05 bits per heavy atom. The Balaban J connectivity index is 2.75. The van der Waals surface area contributed by atoms with Crippen LogP contribution in [-0.4, -0.2) is 28.5 Å². The molecular weight excluding hydrogens is 284 g/mol. The van der Waals surface area contributed by atoms with Crippen molar-refractivity contribution >= 4 is 23.5 Å². The molecule has 118 valence electrons. The summed E-state index contributed by atoms with van der Waals surface area (Å²) in [6, 6.07) is 7.55. The largest absolute Gasteiger partial charge is 0.396 e. The maximum atomic E-state index is 12.2. The van der Waals surface area contributed by atoms with Crippen molar-refractivity contribution in [2.75, 3.05) is 11.9 Å². The Labute approximate surface area is 131 Å². The van der Waals surface area contributed by atoms with E-state index in [1.165, 1.54) is 0 Å². The summed E-state index contributed by atoms with van der Waals surface area (Å²) in [4.78, 5) is 13.2. The number of aliphatic hydroxyl groups excluding tert-OH is 1. The highest BCUT2D eigenvalue weighted by atomic mass is 32.2. The van der Waals surface area contributed by atoms with Crippen molar-refractivity contribution in [1.29, 1.82) is 0 Å². The number of nitrogens with one attached hydrogen (secondary N) is 2. The fourth-order valence-corrected chi connectivity index (χ4v) is 2.84. The number of benzene rings is 1. The molecule has 2 amide bonds. The fourth-order valence-electron chi connectivity index (χ4n) is 1.93. The lowest BCUT2D eigenvalue weighted by atomic mass is 9.95. The molecule has 4 nitrogen and oxygen atoms in total. The number of rotatable bonds is 7. The van der Waals surface area contributed by atoms with Crippen LogP contribution in [0.5, 0.6) is 0 Å². The van der Waals surface area contributed by atoms with Crippen LogP contribution >= 0.6 is 11.8 Å². The lowest BCUT2D eigenvalue weighted by Gasteiger charge is -2.29. The second-order valence-electron chi connectivity index (χ2n) is 5.63. The van der Waals surface area contributed by atoms with Gasteiger partial charge in [-0.15, -0.1) is 11.8 Å². The standard InChI is InChI=1S/C16H26N2O2S/c1-5-16(4,10-11-19)18-15(20)17-13-8-6-7-9-14(13)21-12(2)3/h6-9,12,19H,5,10-11H2,1-4H3,(H2,17,18,20). The molecule has 0 radical (unpaired) electrons. The van der Waals surface area contributed by atoms with Crippen molar-refractivity contribution in [3.63, 3.8) is 0 Å². The molecule has 0 aliphatic carbocycles. The number of aliphatic hydroxyl groups is 1. The number of carbonyl (C=O) groups is 1. The third-order valence-corrected chi connectivity index (χ3v) is 4.44. The summed E-state index contributed by atoms with van der Waals surface area (Å²) in [5, 5.41) is 15.4. The van der Waals surface area contributed by atoms with Gasteiger partial charge in [-0.1, -0.05) is 32.9 Å². The molecule has 0 saturated carbocycles. The molecule has 3 N–H and O–H groups in total. The number of thioether (sulfide) groups is 1. The van der Waals surface area contributed by atoms with Crippen molar-refractivity contribution in [3.05, 3.63) is 24.3 Å². The van der Waals surface area contributed by atoms with Gasteiger partial charge in [0.25, 0.3) is 0 Å². The van der Waals surface area contributed by atoms with E-state index in [2.05, 4.69) is 24.5 Å². The zero-order valence-corrected chi connectivity index (χ0v) is 14.1. The van der Waals surface area contributed by atoms with Gasteiger partial charge in [0.2, 0.25) is 0 Å². The van der Waals surface area contributed by atoms with E-state index < -0.39 is 0 Å². The van der Waals surface area contributed by atoms with Gasteiger partial charge < -0.3 is 15.7 Å². The number of carbonyl (C=O) groups excluding carboxylic acids is 1. The Hall–Kier alpha value is -1.20. The van der Waals surface area contributed by atoms with Crippen LogP contribution in [0.1, 0.15) is 40.5 Å². The molecule has 0 heterocycles. The van der Waals surface area contributed by atoms with Crippen molar-refractivity contribution in [1.82, 2.24) is 5.32 Å². The number of urea groups is 1. The molecular formula is C16H26N2O2S. The molecule has 0 aliphatic rings. The van der Waals surface area contributed by atoms with Gasteiger partial charge in [0.1, 0.15) is 0 Å². The van der Waals surface area contributed by atoms with Gasteiger partial charge in [0.05, 0.1) is 5.69 Å². The van der Waals surface area contributed by atoms with E-state index in [4.69, 9.17) is 5.11 Å². The van der Waals surface area contributed by atoms with E-state index in [0.29, 0.717) is 11.7 Å². The first kappa shape index (κ1) is 17.9. The van der Waals surface area contributed by atoms with E-state index >= 15 is 0 Å². The molecule has 0 aromatic heterocycles. The number of para-hydroxylation sites is 1. The summed E-state index contributed by atoms with van der Waals surface area (Å²) >= 11 is 1.72. The SMILES string of the molecule is CCC(C)(CCO)NC(=O)Nc1ccccc1SC(C)C. The average Bonchev–Trinajstić information content (AvgIpc) is 2.40. The predicted molar refractivity (Wildman–Crippen MR) is 90.0 cm³/mol. The minimum absolute atomic E-state index is 0.0599. The van der Waals surface area contributed by atoms with E-state index in [1.807, 2.05) is 38.1 Å². The van der Waals surface area contributed by atoms with Gasteiger partial charge >= 0.3 is 6.03 Å². The van der Waals surface area contributed by atoms with Gasteiger partial charge in [-0.3, -0.25) is 0 Å². The number of hydrogen-bond donors (Lipinski definition) is 3. The summed E-state index contributed by atoms with van der Waals surface area (Å²) in [6.45, 7) is 8.24. The maximum Gasteiger partial charge on any atom is 0.319 e. The minimum Gasteiger partial charge on any atom is -0.396 e. The van der Waals surface area contributed by atoms with Crippen LogP contribution in [0.25, 0.3) is 0 Å². The summed E-state index contributed by atoms with van der Waals surface area (Å²) in [5.41, 5.74) is 0.426. The van der Waals surface area contributed by atoms with Crippen molar-refractivity contribution in [2.24, 2.45) is 0 Å². The van der Waals surface area contributed by atoms with E-state index in [9.17, 15) is 4.79 Å². The quantitative estimate of drug-likeness (QED) is 0.670. The topological polar surface area (TPSA) is 61.4 Å². The second kappa shape index (κ2) is 8.29. The lowest BCUT2D eigenvalue weighted by molar-refractivity contribution is 0.208. The smallest absolute Gasteiger partial charge is 0.319 e. The molecule has 21 heavy (non-hydrogen) atoms. The highest BCUT2D eigenvalue weighted by Crippen LogP contribution is 2.30. The van der Waals surface area contributed by atoms with Crippen LogP contribution in [0.4, 0.5) is 10.5 Å². The zero-order chi connectivity index (χ0) is 15.9. The first-order valence-electron chi connectivity index (χ1n) is 7.36. The molecule has 0 aliphatic heterocycles. The first-order chi connectivity index (χ1) is 9.90. The fraction of sp³-hybridized carbons (Fsp3) is 0.562. The van der Waals surface area contributed by atoms with Crippen LogP contribution < -0.4 is 10.6 Å². The van der Waals surface area contributed by atoms with Gasteiger partial charge in [-0.25, -0.2) is 4.79 Å². The van der Waals surface area contributed by atoms with E-state index in [1.54, 1.807) is 11.8 Å². The summed E-state index contributed by atoms with van der Waals surface area (Å²) in [7, 11) is 0. The first-order valence-corrected chi connectivity index (χ1v) is 8.24. The van der Waals surface area contributed by atoms with Crippen LogP contribution in [0, 0.1) is 0 Å². The number of hydrogen-bond acceptors (Lipinski definition) is 3. The molecule has 1 aromatic rings. The molecule has 1 aromatic carbocycles. The van der Waals surface area contributed by atoms with Gasteiger partial charge in [0, 0.05) is 22.3 Å². The summed E-state index contributed by atoms with van der Waals surface area (Å²) in [6.07, 6.45) is 1.31. The molecule has 0 bridgehead atoms. The third kappa shape index (κ3) is 5.98. The van der Waals surface area contributed by atoms with E-state index in [0.717, 1.165) is 17.0 Å². The molecule has 0 fully saturated rings. The van der Waals surface area contributed by atoms with Crippen LogP contribution in [0.2, 0.25) is 0 Å². The molecule has 1 unspecified atom stereocenters. The van der Waals surface area contributed by atoms with Crippen LogP contribution in [-0.2, 0) is 0 Å². The van der Waals surface area contributed by atoms with Gasteiger partial charge in [0.15, 0.2) is 0 Å². The monoisotopic (exact) mass is 310 g/mol. The summed E-state index contributed by atoms with van der Waals surface area (Å²) in [5.74, 6) is 0. The van der Waals surface area contributed by atoms with Crippen molar-refractivity contribution < 1.29 is 9.90 Å². The predicted octanol–water partition coefficient (Wildman–Crippen LogP) is 3.86. The molecule has 1 rings (SSSR count). The number of amides is 2. The normalized spacial score (nSPS) is 13.8. The second-order valence-corrected chi connectivity index (χ2v) is 7.25. The van der Waals surface area contributed by atoms with Crippen LogP contribution in [0.3, 0.4) is 0 Å². The Bertz CT molecular complexity index is 465. The molecule has 0 spiro atoms. The molecule has 0 saturated heterocycles. The van der Waals surface area contributed by atoms with Crippen molar-refractivity contribution in [2.45, 2.75) is 56.2 Å². The van der Waals surface area contributed by atoms with Crippen LogP contribution in [0.15, 0.2) is 29.2 Å². The molecule has 5 heteroatoms. The maximum absolute atomic E-state index is 12.2. The molecule has 1 atom stereocenters. The minimum atomic E-state index is -0.390. The number of anilines is 1. The van der Waals surface area contributed by atoms with Crippen molar-refractivity contribution in [3.8, 4) is 0 Å². The Morgan fingerprint density at radius 3 is 2.62 bits per heavy atom. The van der Waals surface area contributed by atoms with E-state index in [-0.39, 0.29) is 18.2 Å². The average molecular weight is 310 g/mol. The highest BCUT2D eigenvalue weighted by molar-refractivity contribution is 8.00. The highest BCUT2D eigenvalue weighted by Gasteiger charge is 2.23. The summed E-state index contributed by atoms with van der Waals surface area (Å²) < 4.78 is 0. The third-order valence-electron chi connectivity index (χ3n) is 3.36. The lowest BCUT2D eigenvalue weighted by Crippen LogP contribution is -2.48. The van der Waals surface area contributed by atoms with Gasteiger partial charge in [-0.05, 0) is 31.9 Å². The van der Waals surface area contributed by atoms with Gasteiger partial charge in [-0.2, -0.15) is 0 Å². The Morgan fingerprint density at radius 1 is 1.38 bits per heavy atom.